The smallest absolute Gasteiger partial charge is 0.276 e. The van der Waals surface area contributed by atoms with Crippen molar-refractivity contribution in [1.82, 2.24) is 14.5 Å². The van der Waals surface area contributed by atoms with Crippen LogP contribution in [-0.2, 0) is 18.4 Å². The van der Waals surface area contributed by atoms with Gasteiger partial charge in [-0.3, -0.25) is 9.69 Å². The molecule has 1 aromatic carbocycles. The molecule has 2 fully saturated rings. The normalized spacial score (nSPS) is 23.2. The first-order valence-corrected chi connectivity index (χ1v) is 11.4. The standard InChI is InChI=1S/C26H31N3O/c1-4-22-24-18(2)25(30)27-23(29(24)16-15-28(22)3)17-26(13-5-6-14-26)21-11-9-20(10-12-21)19-7-8-19/h1,9-12,19,22H,5-8,13-17H2,2-3H3. The number of terminal acetylenes is 1. The highest BCUT2D eigenvalue weighted by atomic mass is 16.1. The lowest BCUT2D eigenvalue weighted by molar-refractivity contribution is 0.229. The third-order valence-corrected chi connectivity index (χ3v) is 7.70. The Morgan fingerprint density at radius 1 is 1.17 bits per heavy atom. The molecule has 0 saturated heterocycles. The molecule has 156 valence electrons. The van der Waals surface area contributed by atoms with Gasteiger partial charge in [0.15, 0.2) is 0 Å². The van der Waals surface area contributed by atoms with Crippen LogP contribution in [0.2, 0.25) is 0 Å². The van der Waals surface area contributed by atoms with E-state index in [1.165, 1.54) is 36.8 Å². The van der Waals surface area contributed by atoms with Gasteiger partial charge in [0.05, 0.1) is 5.69 Å². The molecular weight excluding hydrogens is 370 g/mol. The van der Waals surface area contributed by atoms with Gasteiger partial charge in [-0.2, -0.15) is 4.98 Å². The minimum atomic E-state index is -0.162. The lowest BCUT2D eigenvalue weighted by Crippen LogP contribution is -2.41. The summed E-state index contributed by atoms with van der Waals surface area (Å²) in [7, 11) is 2.04. The Bertz CT molecular complexity index is 1050. The summed E-state index contributed by atoms with van der Waals surface area (Å²) in [5.74, 6) is 4.60. The summed E-state index contributed by atoms with van der Waals surface area (Å²) in [6.07, 6.45) is 14.2. The van der Waals surface area contributed by atoms with E-state index in [4.69, 9.17) is 6.42 Å². The predicted octanol–water partition coefficient (Wildman–Crippen LogP) is 4.10. The van der Waals surface area contributed by atoms with Gasteiger partial charge in [0.2, 0.25) is 0 Å². The summed E-state index contributed by atoms with van der Waals surface area (Å²) in [5.41, 5.74) is 4.51. The molecule has 0 spiro atoms. The lowest BCUT2D eigenvalue weighted by Gasteiger charge is -2.37. The van der Waals surface area contributed by atoms with Gasteiger partial charge in [-0.1, -0.05) is 43.0 Å². The maximum atomic E-state index is 12.8. The van der Waals surface area contributed by atoms with Crippen molar-refractivity contribution >= 4 is 0 Å². The Balaban J connectivity index is 1.56. The molecule has 1 aromatic heterocycles. The minimum absolute atomic E-state index is 0.0759. The maximum Gasteiger partial charge on any atom is 0.276 e. The number of nitrogens with zero attached hydrogens (tertiary/aromatic N) is 3. The highest BCUT2D eigenvalue weighted by molar-refractivity contribution is 5.35. The molecule has 30 heavy (non-hydrogen) atoms. The van der Waals surface area contributed by atoms with Crippen molar-refractivity contribution < 1.29 is 0 Å². The van der Waals surface area contributed by atoms with E-state index in [-0.39, 0.29) is 17.0 Å². The van der Waals surface area contributed by atoms with Gasteiger partial charge in [-0.15, -0.1) is 6.42 Å². The molecule has 0 bridgehead atoms. The van der Waals surface area contributed by atoms with E-state index < -0.39 is 0 Å². The monoisotopic (exact) mass is 401 g/mol. The van der Waals surface area contributed by atoms with Crippen molar-refractivity contribution in [3.63, 3.8) is 0 Å². The Morgan fingerprint density at radius 2 is 1.87 bits per heavy atom. The minimum Gasteiger partial charge on any atom is -0.329 e. The topological polar surface area (TPSA) is 38.1 Å². The maximum absolute atomic E-state index is 12.8. The summed E-state index contributed by atoms with van der Waals surface area (Å²) < 4.78 is 2.26. The molecule has 4 heteroatoms. The molecular formula is C26H31N3O. The van der Waals surface area contributed by atoms with Crippen LogP contribution in [0.25, 0.3) is 0 Å². The molecule has 5 rings (SSSR count). The predicted molar refractivity (Wildman–Crippen MR) is 120 cm³/mol. The quantitative estimate of drug-likeness (QED) is 0.724. The number of hydrogen-bond acceptors (Lipinski definition) is 3. The van der Waals surface area contributed by atoms with Gasteiger partial charge in [0, 0.05) is 30.5 Å². The van der Waals surface area contributed by atoms with Crippen LogP contribution in [0.1, 0.15) is 78.7 Å². The zero-order chi connectivity index (χ0) is 20.9. The van der Waals surface area contributed by atoms with Crippen LogP contribution in [0, 0.1) is 19.3 Å². The van der Waals surface area contributed by atoms with Gasteiger partial charge in [0.25, 0.3) is 5.56 Å². The first-order chi connectivity index (χ1) is 14.5. The second-order valence-electron chi connectivity index (χ2n) is 9.61. The third kappa shape index (κ3) is 3.20. The van der Waals surface area contributed by atoms with E-state index in [0.29, 0.717) is 5.56 Å². The highest BCUT2D eigenvalue weighted by Gasteiger charge is 2.38. The third-order valence-electron chi connectivity index (χ3n) is 7.70. The van der Waals surface area contributed by atoms with Crippen LogP contribution >= 0.6 is 0 Å². The average molecular weight is 402 g/mol. The van der Waals surface area contributed by atoms with Crippen molar-refractivity contribution in [3.05, 3.63) is 62.8 Å². The number of likely N-dealkylation sites (N-methyl/N-ethyl adjacent to an activating group) is 1. The van der Waals surface area contributed by atoms with Gasteiger partial charge >= 0.3 is 0 Å². The Morgan fingerprint density at radius 3 is 2.50 bits per heavy atom. The first-order valence-electron chi connectivity index (χ1n) is 11.4. The second-order valence-corrected chi connectivity index (χ2v) is 9.61. The van der Waals surface area contributed by atoms with Crippen LogP contribution in [-0.4, -0.2) is 28.0 Å². The van der Waals surface area contributed by atoms with Crippen molar-refractivity contribution in [2.24, 2.45) is 0 Å². The highest BCUT2D eigenvalue weighted by Crippen LogP contribution is 2.45. The van der Waals surface area contributed by atoms with E-state index in [9.17, 15) is 4.79 Å². The molecule has 0 N–H and O–H groups in total. The molecule has 1 unspecified atom stereocenters. The molecule has 1 aliphatic heterocycles. The Hall–Kier alpha value is -2.38. The van der Waals surface area contributed by atoms with Crippen molar-refractivity contribution in [3.8, 4) is 12.3 Å². The summed E-state index contributed by atoms with van der Waals surface area (Å²) in [5, 5.41) is 0. The fraction of sp³-hybridized carbons (Fsp3) is 0.538. The van der Waals surface area contributed by atoms with Crippen molar-refractivity contribution in [1.29, 1.82) is 0 Å². The number of fused-ring (bicyclic) bond motifs is 1. The largest absolute Gasteiger partial charge is 0.329 e. The molecule has 4 nitrogen and oxygen atoms in total. The number of aromatic nitrogens is 2. The van der Waals surface area contributed by atoms with Gasteiger partial charge in [0.1, 0.15) is 11.9 Å². The summed E-state index contributed by atoms with van der Waals surface area (Å²) >= 11 is 0. The number of rotatable bonds is 4. The lowest BCUT2D eigenvalue weighted by atomic mass is 9.75. The van der Waals surface area contributed by atoms with Crippen molar-refractivity contribution in [2.75, 3.05) is 13.6 Å². The summed E-state index contributed by atoms with van der Waals surface area (Å²) in [4.78, 5) is 19.6. The van der Waals surface area contributed by atoms with Gasteiger partial charge in [-0.25, -0.2) is 0 Å². The molecule has 2 heterocycles. The Kier molecular flexibility index (Phi) is 4.82. The summed E-state index contributed by atoms with van der Waals surface area (Å²) in [6, 6.07) is 9.20. The second kappa shape index (κ2) is 7.39. The fourth-order valence-electron chi connectivity index (χ4n) is 5.70. The van der Waals surface area contributed by atoms with Crippen LogP contribution < -0.4 is 5.56 Å². The summed E-state index contributed by atoms with van der Waals surface area (Å²) in [6.45, 7) is 3.59. The van der Waals surface area contributed by atoms with Crippen LogP contribution in [0.4, 0.5) is 0 Å². The Labute approximate surface area is 179 Å². The number of hydrogen-bond donors (Lipinski definition) is 0. The van der Waals surface area contributed by atoms with E-state index in [0.717, 1.165) is 49.8 Å². The molecule has 2 aromatic rings. The van der Waals surface area contributed by atoms with E-state index in [1.807, 2.05) is 14.0 Å². The van der Waals surface area contributed by atoms with E-state index in [2.05, 4.69) is 44.6 Å². The van der Waals surface area contributed by atoms with E-state index in [1.54, 1.807) is 0 Å². The van der Waals surface area contributed by atoms with Gasteiger partial charge < -0.3 is 4.57 Å². The average Bonchev–Trinajstić information content (AvgIpc) is 3.50. The van der Waals surface area contributed by atoms with E-state index >= 15 is 0 Å². The zero-order valence-corrected chi connectivity index (χ0v) is 18.2. The van der Waals surface area contributed by atoms with Crippen LogP contribution in [0.3, 0.4) is 0 Å². The zero-order valence-electron chi connectivity index (χ0n) is 18.2. The SMILES string of the molecule is C#CC1c2c(C)c(=O)nc(CC3(c4ccc(C5CC5)cc4)CCCC3)n2CCN1C. The van der Waals surface area contributed by atoms with Crippen LogP contribution in [0.5, 0.6) is 0 Å². The molecule has 2 aliphatic carbocycles. The first kappa shape index (κ1) is 19.6. The molecule has 0 amide bonds. The number of benzene rings is 1. The molecule has 1 atom stereocenters. The fourth-order valence-corrected chi connectivity index (χ4v) is 5.70. The molecule has 0 radical (unpaired) electrons. The van der Waals surface area contributed by atoms with Crippen molar-refractivity contribution in [2.45, 2.75) is 75.8 Å². The van der Waals surface area contributed by atoms with Gasteiger partial charge in [-0.05, 0) is 56.7 Å². The molecule has 2 saturated carbocycles. The molecule has 3 aliphatic rings. The van der Waals surface area contributed by atoms with Crippen LogP contribution in [0.15, 0.2) is 29.1 Å².